The molecule has 0 saturated carbocycles. The van der Waals surface area contributed by atoms with Crippen LogP contribution < -0.4 is 11.1 Å². The minimum Gasteiger partial charge on any atom is -0.397 e. The van der Waals surface area contributed by atoms with Crippen LogP contribution in [0.25, 0.3) is 0 Å². The molecule has 0 bridgehead atoms. The predicted molar refractivity (Wildman–Crippen MR) is 71.5 cm³/mol. The van der Waals surface area contributed by atoms with Gasteiger partial charge in [0, 0.05) is 6.61 Å². The highest BCUT2D eigenvalue weighted by Gasteiger charge is 2.07. The van der Waals surface area contributed by atoms with Crippen molar-refractivity contribution < 1.29 is 14.3 Å². The molecular weight excluding hydrogens is 232 g/mol. The summed E-state index contributed by atoms with van der Waals surface area (Å²) in [5.74, 6) is -0.215. The van der Waals surface area contributed by atoms with Crippen molar-refractivity contribution in [2.75, 3.05) is 37.5 Å². The number of nitrogens with one attached hydrogen (secondary N) is 1. The second-order valence-corrected chi connectivity index (χ2v) is 3.84. The largest absolute Gasteiger partial charge is 0.397 e. The van der Waals surface area contributed by atoms with E-state index in [1.807, 2.05) is 26.0 Å². The topological polar surface area (TPSA) is 73.6 Å². The number of para-hydroxylation sites is 1. The lowest BCUT2D eigenvalue weighted by molar-refractivity contribution is -0.121. The van der Waals surface area contributed by atoms with Crippen LogP contribution in [0.1, 0.15) is 12.5 Å². The van der Waals surface area contributed by atoms with E-state index in [0.29, 0.717) is 31.2 Å². The number of carbonyl (C=O) groups is 1. The summed E-state index contributed by atoms with van der Waals surface area (Å²) in [6.45, 7) is 5.35. The lowest BCUT2D eigenvalue weighted by Gasteiger charge is -2.11. The van der Waals surface area contributed by atoms with Crippen molar-refractivity contribution in [3.8, 4) is 0 Å². The first-order valence-electron chi connectivity index (χ1n) is 5.95. The average molecular weight is 252 g/mol. The third-order valence-corrected chi connectivity index (χ3v) is 2.38. The monoisotopic (exact) mass is 252 g/mol. The number of hydrogen-bond donors (Lipinski definition) is 2. The Bertz CT molecular complexity index is 374. The van der Waals surface area contributed by atoms with E-state index in [4.69, 9.17) is 15.2 Å². The molecule has 0 aliphatic carbocycles. The molecule has 1 aromatic carbocycles. The third-order valence-electron chi connectivity index (χ3n) is 2.38. The van der Waals surface area contributed by atoms with Gasteiger partial charge in [0.05, 0.1) is 24.6 Å². The molecule has 100 valence electrons. The molecule has 0 saturated heterocycles. The zero-order valence-corrected chi connectivity index (χ0v) is 10.9. The van der Waals surface area contributed by atoms with Crippen molar-refractivity contribution in [2.24, 2.45) is 0 Å². The maximum Gasteiger partial charge on any atom is 0.250 e. The standard InChI is InChI=1S/C13H20N2O3/c1-3-17-7-8-18-9-12(16)15-13-10(2)5-4-6-11(13)14/h4-6H,3,7-9,14H2,1-2H3,(H,15,16). The second-order valence-electron chi connectivity index (χ2n) is 3.84. The average Bonchev–Trinajstić information content (AvgIpc) is 2.34. The molecule has 5 heteroatoms. The second kappa shape index (κ2) is 7.68. The highest BCUT2D eigenvalue weighted by molar-refractivity contribution is 5.95. The van der Waals surface area contributed by atoms with Gasteiger partial charge in [0.1, 0.15) is 6.61 Å². The Labute approximate surface area is 107 Å². The molecule has 0 fully saturated rings. The highest BCUT2D eigenvalue weighted by Crippen LogP contribution is 2.22. The number of rotatable bonds is 7. The molecule has 5 nitrogen and oxygen atoms in total. The van der Waals surface area contributed by atoms with Crippen molar-refractivity contribution in [2.45, 2.75) is 13.8 Å². The normalized spacial score (nSPS) is 10.3. The lowest BCUT2D eigenvalue weighted by Crippen LogP contribution is -2.21. The minimum atomic E-state index is -0.215. The number of benzene rings is 1. The van der Waals surface area contributed by atoms with Gasteiger partial charge < -0.3 is 20.5 Å². The van der Waals surface area contributed by atoms with Crippen LogP contribution >= 0.6 is 0 Å². The Morgan fingerprint density at radius 2 is 2.06 bits per heavy atom. The van der Waals surface area contributed by atoms with Crippen LogP contribution in [0.2, 0.25) is 0 Å². The number of nitrogens with two attached hydrogens (primary N) is 1. The maximum atomic E-state index is 11.6. The Balaban J connectivity index is 2.36. The molecule has 0 unspecified atom stereocenters. The van der Waals surface area contributed by atoms with Gasteiger partial charge in [-0.2, -0.15) is 0 Å². The van der Waals surface area contributed by atoms with Gasteiger partial charge in [-0.15, -0.1) is 0 Å². The lowest BCUT2D eigenvalue weighted by atomic mass is 10.1. The van der Waals surface area contributed by atoms with Crippen LogP contribution in [0, 0.1) is 6.92 Å². The summed E-state index contributed by atoms with van der Waals surface area (Å²) in [5, 5.41) is 2.74. The first kappa shape index (κ1) is 14.5. The van der Waals surface area contributed by atoms with Gasteiger partial charge in [-0.3, -0.25) is 4.79 Å². The van der Waals surface area contributed by atoms with Crippen LogP contribution in [-0.4, -0.2) is 32.3 Å². The molecular formula is C13H20N2O3. The highest BCUT2D eigenvalue weighted by atomic mass is 16.5. The minimum absolute atomic E-state index is 0.000842. The van der Waals surface area contributed by atoms with E-state index >= 15 is 0 Å². The third kappa shape index (κ3) is 4.73. The van der Waals surface area contributed by atoms with E-state index in [9.17, 15) is 4.79 Å². The molecule has 3 N–H and O–H groups in total. The number of nitrogen functional groups attached to an aromatic ring is 1. The van der Waals surface area contributed by atoms with Crippen molar-refractivity contribution >= 4 is 17.3 Å². The number of anilines is 2. The molecule has 18 heavy (non-hydrogen) atoms. The zero-order valence-electron chi connectivity index (χ0n) is 10.9. The van der Waals surface area contributed by atoms with Crippen molar-refractivity contribution in [3.05, 3.63) is 23.8 Å². The molecule has 0 atom stereocenters. The predicted octanol–water partition coefficient (Wildman–Crippen LogP) is 1.57. The summed E-state index contributed by atoms with van der Waals surface area (Å²) in [5.41, 5.74) is 7.92. The Kier molecular flexibility index (Phi) is 6.18. The van der Waals surface area contributed by atoms with Gasteiger partial charge in [-0.25, -0.2) is 0 Å². The number of ether oxygens (including phenoxy) is 2. The summed E-state index contributed by atoms with van der Waals surface area (Å²) in [6, 6.07) is 5.49. The van der Waals surface area contributed by atoms with Crippen molar-refractivity contribution in [1.29, 1.82) is 0 Å². The molecule has 0 radical (unpaired) electrons. The van der Waals surface area contributed by atoms with Crippen LogP contribution in [0.3, 0.4) is 0 Å². The molecule has 1 aromatic rings. The molecule has 0 aliphatic rings. The first-order valence-corrected chi connectivity index (χ1v) is 5.95. The fraction of sp³-hybridized carbons (Fsp3) is 0.462. The SMILES string of the molecule is CCOCCOCC(=O)Nc1c(C)cccc1N. The van der Waals surface area contributed by atoms with Gasteiger partial charge in [0.15, 0.2) is 0 Å². The van der Waals surface area contributed by atoms with E-state index < -0.39 is 0 Å². The van der Waals surface area contributed by atoms with E-state index in [1.165, 1.54) is 0 Å². The first-order chi connectivity index (χ1) is 8.65. The van der Waals surface area contributed by atoms with Gasteiger partial charge in [0.2, 0.25) is 5.91 Å². The maximum absolute atomic E-state index is 11.6. The van der Waals surface area contributed by atoms with Gasteiger partial charge in [0.25, 0.3) is 0 Å². The van der Waals surface area contributed by atoms with Crippen LogP contribution in [-0.2, 0) is 14.3 Å². The van der Waals surface area contributed by atoms with Gasteiger partial charge >= 0.3 is 0 Å². The van der Waals surface area contributed by atoms with Crippen LogP contribution in [0.4, 0.5) is 11.4 Å². The molecule has 0 aliphatic heterocycles. The van der Waals surface area contributed by atoms with Crippen molar-refractivity contribution in [1.82, 2.24) is 0 Å². The fourth-order valence-corrected chi connectivity index (χ4v) is 1.46. The Morgan fingerprint density at radius 1 is 1.33 bits per heavy atom. The summed E-state index contributed by atoms with van der Waals surface area (Å²) in [4.78, 5) is 11.6. The molecule has 1 amide bonds. The summed E-state index contributed by atoms with van der Waals surface area (Å²) in [7, 11) is 0. The summed E-state index contributed by atoms with van der Waals surface area (Å²) in [6.07, 6.45) is 0. The smallest absolute Gasteiger partial charge is 0.250 e. The molecule has 0 spiro atoms. The number of aryl methyl sites for hydroxylation is 1. The quantitative estimate of drug-likeness (QED) is 0.570. The number of carbonyl (C=O) groups excluding carboxylic acids is 1. The summed E-state index contributed by atoms with van der Waals surface area (Å²) < 4.78 is 10.3. The molecule has 0 aromatic heterocycles. The zero-order chi connectivity index (χ0) is 13.4. The van der Waals surface area contributed by atoms with Crippen LogP contribution in [0.5, 0.6) is 0 Å². The van der Waals surface area contributed by atoms with Gasteiger partial charge in [-0.1, -0.05) is 12.1 Å². The van der Waals surface area contributed by atoms with Crippen LogP contribution in [0.15, 0.2) is 18.2 Å². The van der Waals surface area contributed by atoms with E-state index in [2.05, 4.69) is 5.32 Å². The van der Waals surface area contributed by atoms with Gasteiger partial charge in [-0.05, 0) is 25.5 Å². The molecule has 0 heterocycles. The number of amides is 1. The fourth-order valence-electron chi connectivity index (χ4n) is 1.46. The Morgan fingerprint density at radius 3 is 2.72 bits per heavy atom. The number of hydrogen-bond acceptors (Lipinski definition) is 4. The van der Waals surface area contributed by atoms with E-state index in [1.54, 1.807) is 6.07 Å². The molecule has 1 rings (SSSR count). The van der Waals surface area contributed by atoms with E-state index in [-0.39, 0.29) is 12.5 Å². The van der Waals surface area contributed by atoms with E-state index in [0.717, 1.165) is 5.56 Å². The summed E-state index contributed by atoms with van der Waals surface area (Å²) >= 11 is 0. The van der Waals surface area contributed by atoms with Crippen molar-refractivity contribution in [3.63, 3.8) is 0 Å². The Hall–Kier alpha value is -1.59.